The Labute approximate surface area is 147 Å². The van der Waals surface area contributed by atoms with Crippen LogP contribution in [0.3, 0.4) is 0 Å². The van der Waals surface area contributed by atoms with Gasteiger partial charge in [0.1, 0.15) is 11.4 Å². The molecule has 0 aliphatic rings. The molecular weight excluding hydrogens is 320 g/mol. The molecule has 132 valence electrons. The lowest BCUT2D eigenvalue weighted by Gasteiger charge is -2.19. The smallest absolute Gasteiger partial charge is 0.412 e. The predicted molar refractivity (Wildman–Crippen MR) is 97.2 cm³/mol. The number of para-hydroxylation sites is 1. The molecule has 0 aliphatic heterocycles. The molecule has 0 atom stereocenters. The van der Waals surface area contributed by atoms with E-state index in [1.165, 1.54) is 7.11 Å². The van der Waals surface area contributed by atoms with Crippen molar-refractivity contribution >= 4 is 23.4 Å². The van der Waals surface area contributed by atoms with Gasteiger partial charge in [-0.15, -0.1) is 0 Å². The van der Waals surface area contributed by atoms with Crippen LogP contribution in [0.15, 0.2) is 48.5 Å². The fraction of sp³-hybridized carbons (Fsp3) is 0.263. The van der Waals surface area contributed by atoms with Gasteiger partial charge < -0.3 is 14.8 Å². The zero-order chi connectivity index (χ0) is 18.4. The van der Waals surface area contributed by atoms with E-state index in [2.05, 4.69) is 10.6 Å². The molecule has 0 heterocycles. The van der Waals surface area contributed by atoms with Gasteiger partial charge in [-0.2, -0.15) is 0 Å². The van der Waals surface area contributed by atoms with Crippen LogP contribution < -0.4 is 15.4 Å². The van der Waals surface area contributed by atoms with E-state index in [1.807, 2.05) is 0 Å². The van der Waals surface area contributed by atoms with Gasteiger partial charge in [0.15, 0.2) is 0 Å². The molecule has 0 spiro atoms. The van der Waals surface area contributed by atoms with E-state index >= 15 is 0 Å². The first kappa shape index (κ1) is 18.3. The predicted octanol–water partition coefficient (Wildman–Crippen LogP) is 4.29. The van der Waals surface area contributed by atoms with Crippen LogP contribution in [0, 0.1) is 0 Å². The molecule has 0 unspecified atom stereocenters. The lowest BCUT2D eigenvalue weighted by molar-refractivity contribution is 0.0635. The summed E-state index contributed by atoms with van der Waals surface area (Å²) in [6.07, 6.45) is -0.529. The van der Waals surface area contributed by atoms with Crippen molar-refractivity contribution < 1.29 is 19.1 Å². The molecule has 2 N–H and O–H groups in total. The number of hydrogen-bond donors (Lipinski definition) is 2. The third-order valence-corrected chi connectivity index (χ3v) is 3.14. The van der Waals surface area contributed by atoms with Crippen molar-refractivity contribution in [3.63, 3.8) is 0 Å². The Morgan fingerprint density at radius 2 is 1.44 bits per heavy atom. The van der Waals surface area contributed by atoms with E-state index in [0.717, 1.165) is 0 Å². The molecule has 2 aromatic carbocycles. The molecular formula is C19H22N2O4. The topological polar surface area (TPSA) is 76.7 Å². The highest BCUT2D eigenvalue weighted by atomic mass is 16.6. The standard InChI is InChI=1S/C19H22N2O4/c1-19(2,3)25-18(23)21-14-11-9-13(10-12-14)20-17(22)15-7-5-6-8-16(15)24-4/h5-12H,1-4H3,(H,20,22)(H,21,23). The second-order valence-corrected chi connectivity index (χ2v) is 6.36. The second kappa shape index (κ2) is 7.70. The average molecular weight is 342 g/mol. The van der Waals surface area contributed by atoms with E-state index in [0.29, 0.717) is 22.7 Å². The number of methoxy groups -OCH3 is 1. The highest BCUT2D eigenvalue weighted by Crippen LogP contribution is 2.20. The summed E-state index contributed by atoms with van der Waals surface area (Å²) in [7, 11) is 1.52. The summed E-state index contributed by atoms with van der Waals surface area (Å²) in [4.78, 5) is 24.1. The first-order valence-corrected chi connectivity index (χ1v) is 7.83. The summed E-state index contributed by atoms with van der Waals surface area (Å²) in [6, 6.07) is 13.7. The summed E-state index contributed by atoms with van der Waals surface area (Å²) in [6.45, 7) is 5.38. The normalized spacial score (nSPS) is 10.7. The molecule has 0 radical (unpaired) electrons. The van der Waals surface area contributed by atoms with Crippen molar-refractivity contribution in [1.29, 1.82) is 0 Å². The molecule has 0 bridgehead atoms. The molecule has 6 heteroatoms. The van der Waals surface area contributed by atoms with Crippen LogP contribution in [0.25, 0.3) is 0 Å². The van der Waals surface area contributed by atoms with Crippen LogP contribution in [0.2, 0.25) is 0 Å². The fourth-order valence-corrected chi connectivity index (χ4v) is 2.09. The fourth-order valence-electron chi connectivity index (χ4n) is 2.09. The summed E-state index contributed by atoms with van der Waals surface area (Å²) in [5, 5.41) is 5.42. The first-order valence-electron chi connectivity index (χ1n) is 7.83. The maximum atomic E-state index is 12.3. The number of anilines is 2. The highest BCUT2D eigenvalue weighted by Gasteiger charge is 2.16. The van der Waals surface area contributed by atoms with Gasteiger partial charge in [-0.05, 0) is 57.2 Å². The van der Waals surface area contributed by atoms with Gasteiger partial charge in [-0.25, -0.2) is 4.79 Å². The van der Waals surface area contributed by atoms with Crippen molar-refractivity contribution in [3.05, 3.63) is 54.1 Å². The van der Waals surface area contributed by atoms with Crippen LogP contribution in [-0.2, 0) is 4.74 Å². The van der Waals surface area contributed by atoms with Crippen molar-refractivity contribution in [2.75, 3.05) is 17.7 Å². The molecule has 0 aliphatic carbocycles. The molecule has 0 aromatic heterocycles. The Kier molecular flexibility index (Phi) is 5.64. The summed E-state index contributed by atoms with van der Waals surface area (Å²) < 4.78 is 10.4. The second-order valence-electron chi connectivity index (χ2n) is 6.36. The van der Waals surface area contributed by atoms with Gasteiger partial charge in [0.25, 0.3) is 5.91 Å². The molecule has 2 amide bonds. The molecule has 0 saturated heterocycles. The highest BCUT2D eigenvalue weighted by molar-refractivity contribution is 6.06. The van der Waals surface area contributed by atoms with Crippen LogP contribution in [-0.4, -0.2) is 24.7 Å². The number of benzene rings is 2. The van der Waals surface area contributed by atoms with Crippen LogP contribution in [0.1, 0.15) is 31.1 Å². The van der Waals surface area contributed by atoms with Crippen LogP contribution in [0.5, 0.6) is 5.75 Å². The SMILES string of the molecule is COc1ccccc1C(=O)Nc1ccc(NC(=O)OC(C)(C)C)cc1. The summed E-state index contributed by atoms with van der Waals surface area (Å²) >= 11 is 0. The molecule has 2 rings (SSSR count). The van der Waals surface area contributed by atoms with Gasteiger partial charge in [0, 0.05) is 11.4 Å². The van der Waals surface area contributed by atoms with Gasteiger partial charge >= 0.3 is 6.09 Å². The zero-order valence-electron chi connectivity index (χ0n) is 14.8. The lowest BCUT2D eigenvalue weighted by Crippen LogP contribution is -2.27. The lowest BCUT2D eigenvalue weighted by atomic mass is 10.2. The third-order valence-electron chi connectivity index (χ3n) is 3.14. The van der Waals surface area contributed by atoms with E-state index < -0.39 is 11.7 Å². The average Bonchev–Trinajstić information content (AvgIpc) is 2.54. The van der Waals surface area contributed by atoms with E-state index in [-0.39, 0.29) is 5.91 Å². The third kappa shape index (κ3) is 5.53. The number of carbonyl (C=O) groups is 2. The van der Waals surface area contributed by atoms with Crippen molar-refractivity contribution in [2.45, 2.75) is 26.4 Å². The minimum atomic E-state index is -0.563. The summed E-state index contributed by atoms with van der Waals surface area (Å²) in [5.74, 6) is 0.230. The minimum absolute atomic E-state index is 0.273. The van der Waals surface area contributed by atoms with E-state index in [4.69, 9.17) is 9.47 Å². The summed E-state index contributed by atoms with van der Waals surface area (Å²) in [5.41, 5.74) is 1.06. The van der Waals surface area contributed by atoms with Gasteiger partial charge in [0.05, 0.1) is 12.7 Å². The molecule has 25 heavy (non-hydrogen) atoms. The zero-order valence-corrected chi connectivity index (χ0v) is 14.8. The molecule has 0 fully saturated rings. The number of amides is 2. The monoisotopic (exact) mass is 342 g/mol. The molecule has 0 saturated carbocycles. The number of carbonyl (C=O) groups excluding carboxylic acids is 2. The number of ether oxygens (including phenoxy) is 2. The Bertz CT molecular complexity index is 749. The quantitative estimate of drug-likeness (QED) is 0.869. The van der Waals surface area contributed by atoms with Crippen molar-refractivity contribution in [1.82, 2.24) is 0 Å². The van der Waals surface area contributed by atoms with Crippen LogP contribution >= 0.6 is 0 Å². The molecule has 6 nitrogen and oxygen atoms in total. The van der Waals surface area contributed by atoms with E-state index in [9.17, 15) is 9.59 Å². The van der Waals surface area contributed by atoms with Crippen molar-refractivity contribution in [2.24, 2.45) is 0 Å². The Morgan fingerprint density at radius 1 is 0.880 bits per heavy atom. The van der Waals surface area contributed by atoms with Crippen LogP contribution in [0.4, 0.5) is 16.2 Å². The minimum Gasteiger partial charge on any atom is -0.496 e. The largest absolute Gasteiger partial charge is 0.496 e. The van der Waals surface area contributed by atoms with E-state index in [1.54, 1.807) is 69.3 Å². The van der Waals surface area contributed by atoms with Crippen molar-refractivity contribution in [3.8, 4) is 5.75 Å². The van der Waals surface area contributed by atoms with Gasteiger partial charge in [-0.3, -0.25) is 10.1 Å². The van der Waals surface area contributed by atoms with Gasteiger partial charge in [-0.1, -0.05) is 12.1 Å². The first-order chi connectivity index (χ1) is 11.8. The number of rotatable bonds is 4. The van der Waals surface area contributed by atoms with Gasteiger partial charge in [0.2, 0.25) is 0 Å². The Morgan fingerprint density at radius 3 is 2.00 bits per heavy atom. The number of nitrogens with one attached hydrogen (secondary N) is 2. The maximum Gasteiger partial charge on any atom is 0.412 e. The Hall–Kier alpha value is -3.02. The molecule has 2 aromatic rings. The number of hydrogen-bond acceptors (Lipinski definition) is 4. The Balaban J connectivity index is 2.00. The maximum absolute atomic E-state index is 12.3.